The van der Waals surface area contributed by atoms with Gasteiger partial charge < -0.3 is 10.0 Å². The molecule has 1 rings (SSSR count). The van der Waals surface area contributed by atoms with Crippen LogP contribution in [0.5, 0.6) is 5.75 Å². The van der Waals surface area contributed by atoms with Crippen molar-refractivity contribution >= 4 is 5.69 Å². The average Bonchev–Trinajstić information content (AvgIpc) is 2.48. The smallest absolute Gasteiger partial charge is 0.122 e. The zero-order valence-corrected chi connectivity index (χ0v) is 14.6. The number of anilines is 1. The molecule has 0 spiro atoms. The number of phenolic OH excluding ortho intramolecular Hbond substituents is 1. The second-order valence-electron chi connectivity index (χ2n) is 6.20. The fourth-order valence-corrected chi connectivity index (χ4v) is 2.87. The van der Waals surface area contributed by atoms with Crippen molar-refractivity contribution in [2.75, 3.05) is 18.5 Å². The first-order valence-electron chi connectivity index (χ1n) is 8.56. The van der Waals surface area contributed by atoms with Crippen LogP contribution in [-0.2, 0) is 6.42 Å². The van der Waals surface area contributed by atoms with Gasteiger partial charge in [-0.3, -0.25) is 0 Å². The first-order chi connectivity index (χ1) is 10.0. The topological polar surface area (TPSA) is 23.5 Å². The van der Waals surface area contributed by atoms with E-state index in [1.165, 1.54) is 49.8 Å². The predicted octanol–water partition coefficient (Wildman–Crippen LogP) is 5.37. The molecule has 1 N–H and O–H groups in total. The Bertz CT molecular complexity index is 440. The van der Waals surface area contributed by atoms with Gasteiger partial charge in [-0.05, 0) is 49.4 Å². The summed E-state index contributed by atoms with van der Waals surface area (Å²) in [6.45, 7) is 9.59. The van der Waals surface area contributed by atoms with E-state index >= 15 is 0 Å². The zero-order chi connectivity index (χ0) is 15.8. The molecule has 1 aromatic carbocycles. The zero-order valence-electron chi connectivity index (χ0n) is 14.6. The summed E-state index contributed by atoms with van der Waals surface area (Å²) in [6, 6.07) is 2.16. The molecule has 0 aliphatic carbocycles. The second-order valence-corrected chi connectivity index (χ2v) is 6.20. The van der Waals surface area contributed by atoms with Crippen molar-refractivity contribution in [2.24, 2.45) is 0 Å². The van der Waals surface area contributed by atoms with Crippen molar-refractivity contribution in [3.8, 4) is 5.75 Å². The van der Waals surface area contributed by atoms with Crippen molar-refractivity contribution in [2.45, 2.75) is 72.6 Å². The summed E-state index contributed by atoms with van der Waals surface area (Å²) < 4.78 is 0. The molecular weight excluding hydrogens is 258 g/mol. The van der Waals surface area contributed by atoms with Crippen LogP contribution in [0.15, 0.2) is 6.07 Å². The third-order valence-corrected chi connectivity index (χ3v) is 4.56. The molecule has 0 fully saturated rings. The molecule has 2 nitrogen and oxygen atoms in total. The maximum absolute atomic E-state index is 10.2. The van der Waals surface area contributed by atoms with E-state index in [0.29, 0.717) is 5.75 Å². The molecule has 0 heterocycles. The highest BCUT2D eigenvalue weighted by molar-refractivity contribution is 5.62. The van der Waals surface area contributed by atoms with E-state index in [4.69, 9.17) is 0 Å². The second kappa shape index (κ2) is 8.96. The van der Waals surface area contributed by atoms with E-state index in [9.17, 15) is 5.11 Å². The van der Waals surface area contributed by atoms with Gasteiger partial charge in [0.1, 0.15) is 5.75 Å². The summed E-state index contributed by atoms with van der Waals surface area (Å²) in [5.74, 6) is 0.478. The van der Waals surface area contributed by atoms with Crippen molar-refractivity contribution in [1.29, 1.82) is 0 Å². The number of nitrogens with zero attached hydrogens (tertiary/aromatic N) is 1. The van der Waals surface area contributed by atoms with Gasteiger partial charge in [-0.15, -0.1) is 0 Å². The lowest BCUT2D eigenvalue weighted by atomic mass is 9.99. The first-order valence-corrected chi connectivity index (χ1v) is 8.56. The molecule has 21 heavy (non-hydrogen) atoms. The highest BCUT2D eigenvalue weighted by atomic mass is 16.3. The van der Waals surface area contributed by atoms with Crippen LogP contribution in [0.4, 0.5) is 5.69 Å². The van der Waals surface area contributed by atoms with E-state index in [1.807, 2.05) is 6.92 Å². The number of unbranched alkanes of at least 4 members (excludes halogenated alkanes) is 5. The summed E-state index contributed by atoms with van der Waals surface area (Å²) in [5.41, 5.74) is 4.57. The fourth-order valence-electron chi connectivity index (χ4n) is 2.87. The highest BCUT2D eigenvalue weighted by Crippen LogP contribution is 2.33. The first kappa shape index (κ1) is 17.9. The lowest BCUT2D eigenvalue weighted by molar-refractivity contribution is 0.464. The summed E-state index contributed by atoms with van der Waals surface area (Å²) >= 11 is 0. The number of benzene rings is 1. The number of hydrogen-bond donors (Lipinski definition) is 1. The minimum Gasteiger partial charge on any atom is -0.507 e. The number of rotatable bonds is 9. The van der Waals surface area contributed by atoms with Crippen LogP contribution in [0.2, 0.25) is 0 Å². The van der Waals surface area contributed by atoms with Crippen molar-refractivity contribution in [1.82, 2.24) is 0 Å². The van der Waals surface area contributed by atoms with Crippen LogP contribution in [0.3, 0.4) is 0 Å². The number of aromatic hydroxyl groups is 1. The molecule has 1 aromatic rings. The summed E-state index contributed by atoms with van der Waals surface area (Å²) in [7, 11) is 2.17. The van der Waals surface area contributed by atoms with Crippen LogP contribution in [0.25, 0.3) is 0 Å². The van der Waals surface area contributed by atoms with Crippen molar-refractivity contribution in [3.05, 3.63) is 22.8 Å². The maximum atomic E-state index is 10.2. The van der Waals surface area contributed by atoms with E-state index in [2.05, 4.69) is 38.8 Å². The molecule has 0 radical (unpaired) electrons. The minimum absolute atomic E-state index is 0.478. The van der Waals surface area contributed by atoms with Crippen LogP contribution in [-0.4, -0.2) is 18.7 Å². The van der Waals surface area contributed by atoms with Gasteiger partial charge in [-0.1, -0.05) is 46.0 Å². The van der Waals surface area contributed by atoms with Crippen LogP contribution < -0.4 is 4.90 Å². The number of aryl methyl sites for hydroxylation is 1. The third kappa shape index (κ3) is 4.94. The fraction of sp³-hybridized carbons (Fsp3) is 0.684. The molecule has 0 aromatic heterocycles. The minimum atomic E-state index is 0.478. The Morgan fingerprint density at radius 2 is 1.57 bits per heavy atom. The van der Waals surface area contributed by atoms with Gasteiger partial charge in [0.2, 0.25) is 0 Å². The Morgan fingerprint density at radius 3 is 2.19 bits per heavy atom. The molecule has 0 amide bonds. The summed E-state index contributed by atoms with van der Waals surface area (Å²) in [6.07, 6.45) is 8.86. The van der Waals surface area contributed by atoms with Gasteiger partial charge in [0, 0.05) is 19.3 Å². The van der Waals surface area contributed by atoms with E-state index in [0.717, 1.165) is 24.1 Å². The van der Waals surface area contributed by atoms with E-state index in [1.54, 1.807) is 0 Å². The predicted molar refractivity (Wildman–Crippen MR) is 93.6 cm³/mol. The monoisotopic (exact) mass is 291 g/mol. The lowest BCUT2D eigenvalue weighted by Crippen LogP contribution is -2.20. The Morgan fingerprint density at radius 1 is 0.952 bits per heavy atom. The lowest BCUT2D eigenvalue weighted by Gasteiger charge is -2.24. The molecule has 120 valence electrons. The highest BCUT2D eigenvalue weighted by Gasteiger charge is 2.13. The van der Waals surface area contributed by atoms with Crippen molar-refractivity contribution in [3.63, 3.8) is 0 Å². The molecule has 0 aliphatic rings. The molecule has 0 saturated carbocycles. The molecular formula is C19H33NO. The molecule has 0 bridgehead atoms. The third-order valence-electron chi connectivity index (χ3n) is 4.56. The molecule has 0 saturated heterocycles. The van der Waals surface area contributed by atoms with Crippen molar-refractivity contribution < 1.29 is 5.11 Å². The Balaban J connectivity index is 2.61. The summed E-state index contributed by atoms with van der Waals surface area (Å²) in [4.78, 5) is 2.35. The standard InChI is InChI=1S/C19H33NO/c1-6-8-9-10-11-12-13-20(5)18-14-17(7-2)19(21)16(4)15(18)3/h14,21H,6-13H2,1-5H3. The van der Waals surface area contributed by atoms with Gasteiger partial charge in [-0.2, -0.15) is 0 Å². The number of hydrogen-bond acceptors (Lipinski definition) is 2. The quantitative estimate of drug-likeness (QED) is 0.618. The van der Waals surface area contributed by atoms with Crippen LogP contribution in [0.1, 0.15) is 69.1 Å². The van der Waals surface area contributed by atoms with Gasteiger partial charge in [0.05, 0.1) is 0 Å². The SMILES string of the molecule is CCCCCCCCN(C)c1cc(CC)c(O)c(C)c1C. The molecule has 0 atom stereocenters. The van der Waals surface area contributed by atoms with E-state index < -0.39 is 0 Å². The largest absolute Gasteiger partial charge is 0.507 e. The van der Waals surface area contributed by atoms with E-state index in [-0.39, 0.29) is 0 Å². The average molecular weight is 291 g/mol. The normalized spacial score (nSPS) is 10.9. The maximum Gasteiger partial charge on any atom is 0.122 e. The van der Waals surface area contributed by atoms with Gasteiger partial charge >= 0.3 is 0 Å². The Hall–Kier alpha value is -1.18. The van der Waals surface area contributed by atoms with Gasteiger partial charge in [-0.25, -0.2) is 0 Å². The molecule has 2 heteroatoms. The molecule has 0 aliphatic heterocycles. The Kier molecular flexibility index (Phi) is 7.63. The van der Waals surface area contributed by atoms with Crippen LogP contribution in [0, 0.1) is 13.8 Å². The number of phenols is 1. The van der Waals surface area contributed by atoms with Gasteiger partial charge in [0.25, 0.3) is 0 Å². The molecule has 0 unspecified atom stereocenters. The summed E-state index contributed by atoms with van der Waals surface area (Å²) in [5, 5.41) is 10.2. The van der Waals surface area contributed by atoms with Gasteiger partial charge in [0.15, 0.2) is 0 Å². The Labute approximate surface area is 131 Å². The van der Waals surface area contributed by atoms with Crippen LogP contribution >= 0.6 is 0 Å².